The lowest BCUT2D eigenvalue weighted by Gasteiger charge is -2.37. The number of nitrogens with two attached hydrogens (primary N) is 1. The van der Waals surface area contributed by atoms with E-state index >= 15 is 0 Å². The zero-order valence-corrected chi connectivity index (χ0v) is 20.0. The van der Waals surface area contributed by atoms with Crippen LogP contribution >= 0.6 is 0 Å². The van der Waals surface area contributed by atoms with Crippen LogP contribution in [0.2, 0.25) is 0 Å². The Balaban J connectivity index is 0.000000497. The number of hydrogen-bond donors (Lipinski definition) is 1. The molecule has 2 saturated carbocycles. The summed E-state index contributed by atoms with van der Waals surface area (Å²) in [6.07, 6.45) is 9.17. The predicted octanol–water partition coefficient (Wildman–Crippen LogP) is 5.26. The number of primary amides is 1. The molecule has 2 aromatic rings. The van der Waals surface area contributed by atoms with Crippen molar-refractivity contribution in [2.75, 3.05) is 0 Å². The van der Waals surface area contributed by atoms with Crippen LogP contribution in [0.4, 0.5) is 13.2 Å². The summed E-state index contributed by atoms with van der Waals surface area (Å²) in [6.45, 7) is 1.13. The summed E-state index contributed by atoms with van der Waals surface area (Å²) in [5.41, 5.74) is 5.85. The number of alkyl halides is 3. The molecule has 2 fully saturated rings. The fourth-order valence-electron chi connectivity index (χ4n) is 4.55. The molecular weight excluding hydrogens is 457 g/mol. The highest BCUT2D eigenvalue weighted by atomic mass is 19.4. The molecule has 1 aromatic heterocycles. The van der Waals surface area contributed by atoms with E-state index in [1.807, 2.05) is 4.90 Å². The summed E-state index contributed by atoms with van der Waals surface area (Å²) in [6, 6.07) is 6.27. The van der Waals surface area contributed by atoms with E-state index in [1.54, 1.807) is 24.8 Å². The second-order valence-corrected chi connectivity index (χ2v) is 9.40. The molecule has 190 valence electrons. The molecule has 1 atom stereocenters. The standard InChI is InChI=1S/C22H29F3N2O2.C4H4N2/c1-14(22(23,24)25)16-5-7-17(8-6-16)21(29)27(19-11-12-19)18-9-2-15(3-10-18)4-13-20(26)28;1-2-6-4-3-5-1/h5-8,14-15,18-19H,2-4,9-13H2,1H3,(H2,26,28);1-4H. The quantitative estimate of drug-likeness (QED) is 0.574. The Hall–Kier alpha value is -2.97. The Morgan fingerprint density at radius 1 is 0.943 bits per heavy atom. The minimum atomic E-state index is -4.29. The summed E-state index contributed by atoms with van der Waals surface area (Å²) in [7, 11) is 0. The van der Waals surface area contributed by atoms with Gasteiger partial charge in [-0.1, -0.05) is 12.1 Å². The van der Waals surface area contributed by atoms with Gasteiger partial charge in [-0.3, -0.25) is 19.6 Å². The van der Waals surface area contributed by atoms with Crippen molar-refractivity contribution in [3.63, 3.8) is 0 Å². The molecule has 2 amide bonds. The molecular formula is C26H33F3N4O2. The maximum absolute atomic E-state index is 13.1. The summed E-state index contributed by atoms with van der Waals surface area (Å²) >= 11 is 0. The van der Waals surface area contributed by atoms with Crippen LogP contribution in [0, 0.1) is 5.92 Å². The topological polar surface area (TPSA) is 89.2 Å². The fraction of sp³-hybridized carbons (Fsp3) is 0.538. The lowest BCUT2D eigenvalue weighted by molar-refractivity contribution is -0.146. The zero-order chi connectivity index (χ0) is 25.4. The van der Waals surface area contributed by atoms with Gasteiger partial charge in [0.1, 0.15) is 0 Å². The van der Waals surface area contributed by atoms with E-state index < -0.39 is 12.1 Å². The number of carbonyl (C=O) groups is 2. The Labute approximate surface area is 204 Å². The van der Waals surface area contributed by atoms with Gasteiger partial charge in [0.15, 0.2) is 0 Å². The Morgan fingerprint density at radius 2 is 1.43 bits per heavy atom. The van der Waals surface area contributed by atoms with Crippen molar-refractivity contribution in [2.45, 2.75) is 82.5 Å². The SMILES string of the molecule is CC(c1ccc(C(=O)N(C2CCC(CCC(N)=O)CC2)C2CC2)cc1)C(F)(F)F.c1cnccn1. The Bertz CT molecular complexity index is 915. The van der Waals surface area contributed by atoms with Gasteiger partial charge in [-0.05, 0) is 75.5 Å². The minimum Gasteiger partial charge on any atom is -0.370 e. The molecule has 2 aliphatic carbocycles. The number of amides is 2. The van der Waals surface area contributed by atoms with Gasteiger partial charge in [-0.25, -0.2) is 0 Å². The number of hydrogen-bond acceptors (Lipinski definition) is 4. The van der Waals surface area contributed by atoms with Gasteiger partial charge in [-0.2, -0.15) is 13.2 Å². The first kappa shape index (κ1) is 26.6. The first-order chi connectivity index (χ1) is 16.7. The number of carbonyl (C=O) groups excluding carboxylic acids is 2. The second-order valence-electron chi connectivity index (χ2n) is 9.40. The molecule has 6 nitrogen and oxygen atoms in total. The van der Waals surface area contributed by atoms with E-state index in [0.29, 0.717) is 17.9 Å². The molecule has 0 spiro atoms. The van der Waals surface area contributed by atoms with Gasteiger partial charge in [0.25, 0.3) is 5.91 Å². The average molecular weight is 491 g/mol. The number of aromatic nitrogens is 2. The lowest BCUT2D eigenvalue weighted by Crippen LogP contribution is -2.44. The van der Waals surface area contributed by atoms with Crippen LogP contribution in [0.15, 0.2) is 49.1 Å². The maximum Gasteiger partial charge on any atom is 0.395 e. The highest BCUT2D eigenvalue weighted by Crippen LogP contribution is 2.38. The van der Waals surface area contributed by atoms with Crippen molar-refractivity contribution in [2.24, 2.45) is 11.7 Å². The highest BCUT2D eigenvalue weighted by molar-refractivity contribution is 5.95. The van der Waals surface area contributed by atoms with Gasteiger partial charge in [-0.15, -0.1) is 0 Å². The summed E-state index contributed by atoms with van der Waals surface area (Å²) in [5.74, 6) is -1.44. The van der Waals surface area contributed by atoms with Crippen LogP contribution in [-0.4, -0.2) is 44.9 Å². The van der Waals surface area contributed by atoms with Gasteiger partial charge in [0.05, 0.1) is 5.92 Å². The van der Waals surface area contributed by atoms with Crippen molar-refractivity contribution < 1.29 is 22.8 Å². The zero-order valence-electron chi connectivity index (χ0n) is 20.0. The number of halogens is 3. The molecule has 4 rings (SSSR count). The summed E-state index contributed by atoms with van der Waals surface area (Å²) in [5, 5.41) is 0. The Kier molecular flexibility index (Phi) is 9.23. The van der Waals surface area contributed by atoms with E-state index in [-0.39, 0.29) is 29.5 Å². The van der Waals surface area contributed by atoms with Crippen LogP contribution in [0.25, 0.3) is 0 Å². The van der Waals surface area contributed by atoms with Crippen LogP contribution in [0.1, 0.15) is 80.1 Å². The third-order valence-electron chi connectivity index (χ3n) is 6.81. The number of rotatable bonds is 7. The monoisotopic (exact) mass is 490 g/mol. The molecule has 0 aliphatic heterocycles. The molecule has 0 radical (unpaired) electrons. The van der Waals surface area contributed by atoms with Crippen molar-refractivity contribution in [3.8, 4) is 0 Å². The molecule has 2 aliphatic rings. The second kappa shape index (κ2) is 12.1. The van der Waals surface area contributed by atoms with Crippen LogP contribution < -0.4 is 5.73 Å². The van der Waals surface area contributed by atoms with Crippen LogP contribution in [0.3, 0.4) is 0 Å². The largest absolute Gasteiger partial charge is 0.395 e. The van der Waals surface area contributed by atoms with Crippen molar-refractivity contribution >= 4 is 11.8 Å². The predicted molar refractivity (Wildman–Crippen MR) is 126 cm³/mol. The number of benzene rings is 1. The summed E-state index contributed by atoms with van der Waals surface area (Å²) < 4.78 is 38.7. The van der Waals surface area contributed by atoms with E-state index in [1.165, 1.54) is 24.3 Å². The van der Waals surface area contributed by atoms with Gasteiger partial charge in [0, 0.05) is 48.9 Å². The minimum absolute atomic E-state index is 0.0840. The molecule has 0 saturated heterocycles. The third kappa shape index (κ3) is 8.04. The van der Waals surface area contributed by atoms with E-state index in [9.17, 15) is 22.8 Å². The molecule has 35 heavy (non-hydrogen) atoms. The van der Waals surface area contributed by atoms with Crippen molar-refractivity contribution in [1.82, 2.24) is 14.9 Å². The molecule has 2 N–H and O–H groups in total. The molecule has 1 heterocycles. The highest BCUT2D eigenvalue weighted by Gasteiger charge is 2.40. The third-order valence-corrected chi connectivity index (χ3v) is 6.81. The van der Waals surface area contributed by atoms with Gasteiger partial charge < -0.3 is 10.6 Å². The van der Waals surface area contributed by atoms with Crippen molar-refractivity contribution in [1.29, 1.82) is 0 Å². The fourth-order valence-corrected chi connectivity index (χ4v) is 4.55. The first-order valence-electron chi connectivity index (χ1n) is 12.1. The lowest BCUT2D eigenvalue weighted by atomic mass is 9.82. The molecule has 1 aromatic carbocycles. The number of nitrogens with zero attached hydrogens (tertiary/aromatic N) is 3. The molecule has 9 heteroatoms. The average Bonchev–Trinajstić information content (AvgIpc) is 3.69. The van der Waals surface area contributed by atoms with Gasteiger partial charge in [0.2, 0.25) is 5.91 Å². The van der Waals surface area contributed by atoms with Crippen LogP contribution in [0.5, 0.6) is 0 Å². The van der Waals surface area contributed by atoms with E-state index in [0.717, 1.165) is 51.9 Å². The first-order valence-corrected chi connectivity index (χ1v) is 12.1. The Morgan fingerprint density at radius 3 is 1.83 bits per heavy atom. The normalized spacial score (nSPS) is 20.8. The van der Waals surface area contributed by atoms with Crippen LogP contribution in [-0.2, 0) is 4.79 Å². The van der Waals surface area contributed by atoms with Gasteiger partial charge >= 0.3 is 6.18 Å². The van der Waals surface area contributed by atoms with Crippen molar-refractivity contribution in [3.05, 3.63) is 60.2 Å². The van der Waals surface area contributed by atoms with E-state index in [4.69, 9.17) is 5.73 Å². The van der Waals surface area contributed by atoms with E-state index in [2.05, 4.69) is 9.97 Å². The smallest absolute Gasteiger partial charge is 0.370 e. The molecule has 1 unspecified atom stereocenters. The maximum atomic E-state index is 13.1. The molecule has 0 bridgehead atoms. The summed E-state index contributed by atoms with van der Waals surface area (Å²) in [4.78, 5) is 33.5.